The van der Waals surface area contributed by atoms with Gasteiger partial charge in [0.1, 0.15) is 24.2 Å². The summed E-state index contributed by atoms with van der Waals surface area (Å²) in [4.78, 5) is 23.2. The highest BCUT2D eigenvalue weighted by Crippen LogP contribution is 2.39. The van der Waals surface area contributed by atoms with Crippen molar-refractivity contribution in [3.05, 3.63) is 35.4 Å². The average Bonchev–Trinajstić information content (AvgIpc) is 2.96. The van der Waals surface area contributed by atoms with E-state index in [-0.39, 0.29) is 41.7 Å². The Morgan fingerprint density at radius 2 is 2.17 bits per heavy atom. The maximum Gasteiger partial charge on any atom is 0.308 e. The maximum atomic E-state index is 11.7. The van der Waals surface area contributed by atoms with E-state index < -0.39 is 0 Å². The maximum absolute atomic E-state index is 11.7. The number of aromatic hydroxyl groups is 1. The predicted molar refractivity (Wildman–Crippen MR) is 85.8 cm³/mol. The van der Waals surface area contributed by atoms with Crippen LogP contribution in [0.3, 0.4) is 0 Å². The molecule has 5 heteroatoms. The fourth-order valence-electron chi connectivity index (χ4n) is 2.38. The number of rotatable bonds is 6. The molecular formula is C18H22O5. The number of Topliss-reactive ketones (excluding diaryl/α,β-unsaturated/α-hetero) is 1. The molecule has 1 aromatic carbocycles. The Morgan fingerprint density at radius 1 is 1.48 bits per heavy atom. The third kappa shape index (κ3) is 3.55. The van der Waals surface area contributed by atoms with Crippen LogP contribution in [0.15, 0.2) is 24.3 Å². The Bertz CT molecular complexity index is 647. The molecule has 1 heterocycles. The summed E-state index contributed by atoms with van der Waals surface area (Å²) in [5.74, 6) is -0.110. The lowest BCUT2D eigenvalue weighted by Gasteiger charge is -2.15. The van der Waals surface area contributed by atoms with Crippen molar-refractivity contribution < 1.29 is 24.2 Å². The van der Waals surface area contributed by atoms with E-state index in [1.54, 1.807) is 12.1 Å². The van der Waals surface area contributed by atoms with Crippen LogP contribution in [-0.2, 0) is 16.0 Å². The largest absolute Gasteiger partial charge is 0.507 e. The standard InChI is InChI=1S/C18H22O5/c1-5-10(2)18(21)22-9-11(3)16-8-14-15(23-16)7-6-13(12(4)19)17(14)20/h6-7,10,16,20H,3,5,8-9H2,1-2,4H3. The van der Waals surface area contributed by atoms with E-state index in [9.17, 15) is 14.7 Å². The minimum Gasteiger partial charge on any atom is -0.507 e. The Morgan fingerprint density at radius 3 is 2.78 bits per heavy atom. The molecule has 0 aromatic heterocycles. The number of ether oxygens (including phenoxy) is 2. The summed E-state index contributed by atoms with van der Waals surface area (Å²) < 4.78 is 11.0. The average molecular weight is 318 g/mol. The quantitative estimate of drug-likeness (QED) is 0.496. The fourth-order valence-corrected chi connectivity index (χ4v) is 2.38. The van der Waals surface area contributed by atoms with E-state index in [4.69, 9.17) is 9.47 Å². The molecule has 0 saturated carbocycles. The molecule has 0 saturated heterocycles. The van der Waals surface area contributed by atoms with Crippen LogP contribution in [0.4, 0.5) is 0 Å². The molecular weight excluding hydrogens is 296 g/mol. The summed E-state index contributed by atoms with van der Waals surface area (Å²) in [5.41, 5.74) is 1.50. The monoisotopic (exact) mass is 318 g/mol. The molecule has 0 spiro atoms. The van der Waals surface area contributed by atoms with Gasteiger partial charge in [0.25, 0.3) is 0 Å². The molecule has 0 amide bonds. The Labute approximate surface area is 135 Å². The number of fused-ring (bicyclic) bond motifs is 1. The van der Waals surface area contributed by atoms with Crippen LogP contribution in [-0.4, -0.2) is 29.6 Å². The van der Waals surface area contributed by atoms with Crippen LogP contribution in [0, 0.1) is 5.92 Å². The molecule has 124 valence electrons. The van der Waals surface area contributed by atoms with Crippen molar-refractivity contribution in [1.29, 1.82) is 0 Å². The minimum absolute atomic E-state index is 0.0399. The van der Waals surface area contributed by atoms with E-state index in [1.165, 1.54) is 6.92 Å². The van der Waals surface area contributed by atoms with E-state index in [2.05, 4.69) is 6.58 Å². The Balaban J connectivity index is 2.02. The highest BCUT2D eigenvalue weighted by Gasteiger charge is 2.30. The summed E-state index contributed by atoms with van der Waals surface area (Å²) in [6.45, 7) is 9.14. The summed E-state index contributed by atoms with van der Waals surface area (Å²) in [6.07, 6.45) is 0.753. The second-order valence-corrected chi connectivity index (χ2v) is 5.88. The van der Waals surface area contributed by atoms with Gasteiger partial charge in [0.15, 0.2) is 5.78 Å². The van der Waals surface area contributed by atoms with Gasteiger partial charge in [-0.25, -0.2) is 0 Å². The van der Waals surface area contributed by atoms with Gasteiger partial charge >= 0.3 is 5.97 Å². The van der Waals surface area contributed by atoms with Crippen LogP contribution in [0.25, 0.3) is 0 Å². The van der Waals surface area contributed by atoms with Crippen LogP contribution in [0.1, 0.15) is 43.1 Å². The molecule has 5 nitrogen and oxygen atoms in total. The van der Waals surface area contributed by atoms with Gasteiger partial charge in [-0.3, -0.25) is 9.59 Å². The van der Waals surface area contributed by atoms with Crippen LogP contribution in [0.5, 0.6) is 11.5 Å². The van der Waals surface area contributed by atoms with Crippen molar-refractivity contribution in [3.8, 4) is 11.5 Å². The van der Waals surface area contributed by atoms with Gasteiger partial charge in [-0.2, -0.15) is 0 Å². The second-order valence-electron chi connectivity index (χ2n) is 5.88. The number of carbonyl (C=O) groups is 2. The van der Waals surface area contributed by atoms with Gasteiger partial charge in [0.2, 0.25) is 0 Å². The second kappa shape index (κ2) is 6.86. The normalized spacial score (nSPS) is 17.1. The number of hydrogen-bond donors (Lipinski definition) is 1. The summed E-state index contributed by atoms with van der Waals surface area (Å²) in [6, 6.07) is 3.22. The molecule has 1 N–H and O–H groups in total. The van der Waals surface area contributed by atoms with Gasteiger partial charge in [-0.15, -0.1) is 0 Å². The number of hydrogen-bond acceptors (Lipinski definition) is 5. The third-order valence-electron chi connectivity index (χ3n) is 4.15. The van der Waals surface area contributed by atoms with E-state index >= 15 is 0 Å². The van der Waals surface area contributed by atoms with Crippen molar-refractivity contribution in [3.63, 3.8) is 0 Å². The highest BCUT2D eigenvalue weighted by molar-refractivity contribution is 5.97. The lowest BCUT2D eigenvalue weighted by Crippen LogP contribution is -2.22. The molecule has 0 fully saturated rings. The highest BCUT2D eigenvalue weighted by atomic mass is 16.5. The Kier molecular flexibility index (Phi) is 5.08. The zero-order valence-electron chi connectivity index (χ0n) is 13.7. The summed E-state index contributed by atoms with van der Waals surface area (Å²) >= 11 is 0. The molecule has 0 bridgehead atoms. The zero-order chi connectivity index (χ0) is 17.1. The lowest BCUT2D eigenvalue weighted by molar-refractivity contribution is -0.147. The molecule has 2 atom stereocenters. The topological polar surface area (TPSA) is 72.8 Å². The molecule has 23 heavy (non-hydrogen) atoms. The number of ketones is 1. The molecule has 1 aliphatic heterocycles. The Hall–Kier alpha value is -2.30. The predicted octanol–water partition coefficient (Wildman–Crippen LogP) is 3.04. The van der Waals surface area contributed by atoms with Gasteiger partial charge in [-0.1, -0.05) is 20.4 Å². The van der Waals surface area contributed by atoms with Crippen LogP contribution >= 0.6 is 0 Å². The van der Waals surface area contributed by atoms with Gasteiger partial charge in [0, 0.05) is 17.6 Å². The summed E-state index contributed by atoms with van der Waals surface area (Å²) in [5, 5.41) is 10.2. The first-order valence-electron chi connectivity index (χ1n) is 7.71. The van der Waals surface area contributed by atoms with Crippen molar-refractivity contribution in [2.75, 3.05) is 6.61 Å². The molecule has 2 rings (SSSR count). The minimum atomic E-state index is -0.372. The molecule has 1 aliphatic rings. The molecule has 2 unspecified atom stereocenters. The first-order valence-corrected chi connectivity index (χ1v) is 7.71. The number of benzene rings is 1. The first-order chi connectivity index (χ1) is 10.8. The zero-order valence-corrected chi connectivity index (χ0v) is 13.7. The summed E-state index contributed by atoms with van der Waals surface area (Å²) in [7, 11) is 0. The van der Waals surface area contributed by atoms with Crippen LogP contribution in [0.2, 0.25) is 0 Å². The SMILES string of the molecule is C=C(COC(=O)C(C)CC)C1Cc2c(ccc(C(C)=O)c2O)O1. The number of esters is 1. The molecule has 0 aliphatic carbocycles. The first kappa shape index (κ1) is 17.1. The number of phenols is 1. The van der Waals surface area contributed by atoms with Crippen molar-refractivity contribution in [2.24, 2.45) is 5.92 Å². The lowest BCUT2D eigenvalue weighted by atomic mass is 10.0. The number of phenolic OH excluding ortho intramolecular Hbond substituents is 1. The van der Waals surface area contributed by atoms with Gasteiger partial charge in [-0.05, 0) is 25.5 Å². The van der Waals surface area contributed by atoms with Crippen molar-refractivity contribution >= 4 is 11.8 Å². The molecule has 0 radical (unpaired) electrons. The van der Waals surface area contributed by atoms with Crippen molar-refractivity contribution in [2.45, 2.75) is 39.7 Å². The van der Waals surface area contributed by atoms with E-state index in [0.29, 0.717) is 23.3 Å². The number of carbonyl (C=O) groups excluding carboxylic acids is 2. The molecule has 1 aromatic rings. The van der Waals surface area contributed by atoms with Crippen LogP contribution < -0.4 is 4.74 Å². The van der Waals surface area contributed by atoms with Crippen molar-refractivity contribution in [1.82, 2.24) is 0 Å². The van der Waals surface area contributed by atoms with E-state index in [0.717, 1.165) is 6.42 Å². The van der Waals surface area contributed by atoms with E-state index in [1.807, 2.05) is 13.8 Å². The van der Waals surface area contributed by atoms with Gasteiger partial charge < -0.3 is 14.6 Å². The third-order valence-corrected chi connectivity index (χ3v) is 4.15. The fraction of sp³-hybridized carbons (Fsp3) is 0.444. The van der Waals surface area contributed by atoms with Gasteiger partial charge in [0.05, 0.1) is 11.5 Å². The smallest absolute Gasteiger partial charge is 0.308 e.